The number of carbonyl (C=O) groups excluding carboxylic acids is 2. The maximum atomic E-state index is 13.1. The van der Waals surface area contributed by atoms with Crippen molar-refractivity contribution in [2.45, 2.75) is 51.5 Å². The van der Waals surface area contributed by atoms with Gasteiger partial charge in [0.05, 0.1) is 27.2 Å². The maximum absolute atomic E-state index is 13.1. The summed E-state index contributed by atoms with van der Waals surface area (Å²) in [4.78, 5) is 27.2. The van der Waals surface area contributed by atoms with Crippen molar-refractivity contribution in [3.63, 3.8) is 0 Å². The molecule has 1 aromatic rings. The zero-order chi connectivity index (χ0) is 29.7. The Morgan fingerprint density at radius 1 is 1.24 bits per heavy atom. The average molecular weight is 567 g/mol. The van der Waals surface area contributed by atoms with E-state index >= 15 is 0 Å². The summed E-state index contributed by atoms with van der Waals surface area (Å²) >= 11 is 5.78. The number of amides is 2. The van der Waals surface area contributed by atoms with E-state index in [0.717, 1.165) is 12.0 Å². The molecule has 7 nitrogen and oxygen atoms in total. The first kappa shape index (κ1) is 36.9. The number of ketones is 1. The van der Waals surface area contributed by atoms with Crippen LogP contribution in [0.5, 0.6) is 0 Å². The van der Waals surface area contributed by atoms with Crippen LogP contribution in [0.3, 0.4) is 0 Å². The van der Waals surface area contributed by atoms with E-state index in [4.69, 9.17) is 17.3 Å². The zero-order valence-electron chi connectivity index (χ0n) is 23.0. The molecule has 0 heterocycles. The third kappa shape index (κ3) is 16.4. The van der Waals surface area contributed by atoms with Crippen molar-refractivity contribution < 1.29 is 18.2 Å². The summed E-state index contributed by atoms with van der Waals surface area (Å²) in [5.74, 6) is -0.432. The summed E-state index contributed by atoms with van der Waals surface area (Å²) in [6.07, 6.45) is 11.8. The first-order chi connectivity index (χ1) is 17.8. The predicted molar refractivity (Wildman–Crippen MR) is 160 cm³/mol. The minimum absolute atomic E-state index is 0.105. The molecule has 4 N–H and O–H groups in total. The number of nitrogens with two attached hydrogens (primary N) is 1. The molecule has 0 spiro atoms. The highest BCUT2D eigenvalue weighted by Crippen LogP contribution is 2.24. The van der Waals surface area contributed by atoms with Crippen LogP contribution in [0.25, 0.3) is 5.57 Å². The van der Waals surface area contributed by atoms with Crippen molar-refractivity contribution in [1.82, 2.24) is 10.6 Å². The number of hydrogen-bond donors (Lipinski definition) is 3. The van der Waals surface area contributed by atoms with E-state index in [-0.39, 0.29) is 18.3 Å². The van der Waals surface area contributed by atoms with Crippen LogP contribution in [0.4, 0.5) is 9.18 Å². The minimum Gasteiger partial charge on any atom is -0.405 e. The van der Waals surface area contributed by atoms with Gasteiger partial charge in [-0.2, -0.15) is 0 Å². The maximum Gasteiger partial charge on any atom is 0.317 e. The lowest BCUT2D eigenvalue weighted by molar-refractivity contribution is -0.121. The molecule has 0 aliphatic heterocycles. The number of aliphatic imine (C=N–C) groups is 1. The Balaban J connectivity index is 0. The van der Waals surface area contributed by atoms with Gasteiger partial charge in [-0.05, 0) is 69.7 Å². The normalized spacial score (nSPS) is 13.2. The van der Waals surface area contributed by atoms with Crippen molar-refractivity contribution in [2.75, 3.05) is 12.9 Å². The molecule has 0 radical (unpaired) electrons. The van der Waals surface area contributed by atoms with Crippen LogP contribution in [0.15, 0.2) is 88.7 Å². The second-order valence-electron chi connectivity index (χ2n) is 7.97. The van der Waals surface area contributed by atoms with Crippen LogP contribution in [0, 0.1) is 0 Å². The Hall–Kier alpha value is -3.30. The summed E-state index contributed by atoms with van der Waals surface area (Å²) in [5, 5.41) is 5.58. The standard InChI is InChI=1S/C14H16FNOS.C12H20ClN3O2.C2H4/c1-11(15)10-12(6-5-9-16)13-7-3-4-8-14(13)18(2)17;1-5-6-10(13)7-14-8-15-11(18)16-12(3,4)9(2)17;1-2/h3-10H,16H2,1-2H3;6-7H,5,8H2,1-4H3,(H2,15,16,18);1-2H2/b9-5+,11-10+,12-6+;10-6+,14-7-;. The van der Waals surface area contributed by atoms with Crippen LogP contribution in [0.1, 0.15) is 46.6 Å². The van der Waals surface area contributed by atoms with E-state index in [9.17, 15) is 18.2 Å². The zero-order valence-corrected chi connectivity index (χ0v) is 24.6. The lowest BCUT2D eigenvalue weighted by atomic mass is 10.0. The van der Waals surface area contributed by atoms with Gasteiger partial charge in [0.15, 0.2) is 5.78 Å². The molecule has 0 saturated carbocycles. The number of Topliss-reactive ketones (excluding diaryl/α,β-unsaturated/α-hetero) is 1. The summed E-state index contributed by atoms with van der Waals surface area (Å²) < 4.78 is 24.7. The SMILES string of the molecule is C=C.CC/C=C(Cl)\C=N/CNC(=O)NC(C)(C)C(C)=O.C\C(F)=C/C(=C\C=C\N)c1ccccc1S(C)=O. The van der Waals surface area contributed by atoms with Gasteiger partial charge in [0.2, 0.25) is 0 Å². The van der Waals surface area contributed by atoms with Gasteiger partial charge in [0, 0.05) is 17.4 Å². The molecule has 0 saturated heterocycles. The number of rotatable bonds is 10. The lowest BCUT2D eigenvalue weighted by Crippen LogP contribution is -2.52. The fourth-order valence-corrected chi connectivity index (χ4v) is 3.45. The smallest absolute Gasteiger partial charge is 0.317 e. The molecule has 1 rings (SSSR count). The molecule has 1 aromatic carbocycles. The third-order valence-electron chi connectivity index (χ3n) is 4.50. The Morgan fingerprint density at radius 2 is 1.84 bits per heavy atom. The monoisotopic (exact) mass is 566 g/mol. The van der Waals surface area contributed by atoms with Gasteiger partial charge in [-0.15, -0.1) is 13.2 Å². The number of hydrogen-bond acceptors (Lipinski definition) is 5. The van der Waals surface area contributed by atoms with Gasteiger partial charge in [-0.25, -0.2) is 9.18 Å². The average Bonchev–Trinajstić information content (AvgIpc) is 2.85. The highest BCUT2D eigenvalue weighted by molar-refractivity contribution is 7.84. The molecule has 0 fully saturated rings. The number of allylic oxidation sites excluding steroid dienone is 7. The molecule has 0 bridgehead atoms. The fourth-order valence-electron chi connectivity index (χ4n) is 2.46. The Morgan fingerprint density at radius 3 is 2.34 bits per heavy atom. The van der Waals surface area contributed by atoms with E-state index in [0.29, 0.717) is 15.5 Å². The second kappa shape index (κ2) is 20.7. The topological polar surface area (TPSA) is 114 Å². The molecular weight excluding hydrogens is 527 g/mol. The first-order valence-electron chi connectivity index (χ1n) is 11.6. The quantitative estimate of drug-likeness (QED) is 0.178. The van der Waals surface area contributed by atoms with E-state index in [1.807, 2.05) is 31.2 Å². The summed E-state index contributed by atoms with van der Waals surface area (Å²) in [6, 6.07) is 6.78. The number of halogens is 2. The van der Waals surface area contributed by atoms with Crippen molar-refractivity contribution in [2.24, 2.45) is 10.7 Å². The highest BCUT2D eigenvalue weighted by Gasteiger charge is 2.25. The first-order valence-corrected chi connectivity index (χ1v) is 13.6. The van der Waals surface area contributed by atoms with E-state index in [1.54, 1.807) is 38.3 Å². The molecule has 0 aliphatic carbocycles. The van der Waals surface area contributed by atoms with Crippen molar-refractivity contribution in [3.05, 3.63) is 84.3 Å². The predicted octanol–water partition coefficient (Wildman–Crippen LogP) is 6.17. The molecule has 0 aromatic heterocycles. The van der Waals surface area contributed by atoms with Crippen molar-refractivity contribution >= 4 is 46.0 Å². The molecule has 1 atom stereocenters. The van der Waals surface area contributed by atoms with Gasteiger partial charge in [0.25, 0.3) is 0 Å². The highest BCUT2D eigenvalue weighted by atomic mass is 35.5. The Labute approximate surface area is 234 Å². The van der Waals surface area contributed by atoms with Gasteiger partial charge in [-0.3, -0.25) is 14.0 Å². The number of nitrogens with zero attached hydrogens (tertiary/aromatic N) is 1. The Bertz CT molecular complexity index is 1080. The van der Waals surface area contributed by atoms with Crippen LogP contribution < -0.4 is 16.4 Å². The van der Waals surface area contributed by atoms with Crippen molar-refractivity contribution in [3.8, 4) is 0 Å². The van der Waals surface area contributed by atoms with E-state index in [2.05, 4.69) is 28.8 Å². The molecule has 0 aliphatic rings. The number of carbonyl (C=O) groups is 2. The van der Waals surface area contributed by atoms with Gasteiger partial charge in [0.1, 0.15) is 6.67 Å². The largest absolute Gasteiger partial charge is 0.405 e. The number of urea groups is 1. The molecule has 210 valence electrons. The minimum atomic E-state index is -1.13. The molecule has 38 heavy (non-hydrogen) atoms. The summed E-state index contributed by atoms with van der Waals surface area (Å²) in [6.45, 7) is 14.1. The molecular formula is C28H40ClFN4O3S. The van der Waals surface area contributed by atoms with Gasteiger partial charge < -0.3 is 16.4 Å². The molecule has 1 unspecified atom stereocenters. The lowest BCUT2D eigenvalue weighted by Gasteiger charge is -2.22. The molecule has 2 amide bonds. The van der Waals surface area contributed by atoms with Crippen LogP contribution in [-0.2, 0) is 15.6 Å². The van der Waals surface area contributed by atoms with Crippen LogP contribution in [0.2, 0.25) is 0 Å². The van der Waals surface area contributed by atoms with Crippen LogP contribution >= 0.6 is 11.6 Å². The van der Waals surface area contributed by atoms with E-state index in [1.165, 1.54) is 32.3 Å². The van der Waals surface area contributed by atoms with Crippen molar-refractivity contribution in [1.29, 1.82) is 0 Å². The number of nitrogens with one attached hydrogen (secondary N) is 2. The summed E-state index contributed by atoms with van der Waals surface area (Å²) in [5.41, 5.74) is 5.79. The molecule has 10 heteroatoms. The summed E-state index contributed by atoms with van der Waals surface area (Å²) in [7, 11) is -1.13. The van der Waals surface area contributed by atoms with E-state index < -0.39 is 22.4 Å². The van der Waals surface area contributed by atoms with Gasteiger partial charge in [-0.1, -0.05) is 48.9 Å². The third-order valence-corrected chi connectivity index (χ3v) is 5.73. The number of benzene rings is 1. The van der Waals surface area contributed by atoms with Gasteiger partial charge >= 0.3 is 6.03 Å². The fraction of sp³-hybridized carbons (Fsp3) is 0.321. The Kier molecular flexibility index (Phi) is 20.1. The second-order valence-corrected chi connectivity index (χ2v) is 9.75. The van der Waals surface area contributed by atoms with Crippen LogP contribution in [-0.4, -0.2) is 40.7 Å².